The molecular weight excluding hydrogens is 732 g/mol. The van der Waals surface area contributed by atoms with Gasteiger partial charge in [0.2, 0.25) is 0 Å². The minimum absolute atomic E-state index is 0.00852. The summed E-state index contributed by atoms with van der Waals surface area (Å²) in [5.74, 6) is 1.09. The maximum Gasteiger partial charge on any atom is 0.407 e. The zero-order chi connectivity index (χ0) is 40.8. The van der Waals surface area contributed by atoms with Crippen molar-refractivity contribution in [3.8, 4) is 34.1 Å². The summed E-state index contributed by atoms with van der Waals surface area (Å²) < 4.78 is 38.6. The van der Waals surface area contributed by atoms with Crippen LogP contribution in [0.2, 0.25) is 0 Å². The van der Waals surface area contributed by atoms with Gasteiger partial charge in [0.05, 0.1) is 13.1 Å². The molecule has 1 aliphatic rings. The first kappa shape index (κ1) is 41.4. The van der Waals surface area contributed by atoms with Crippen molar-refractivity contribution < 1.29 is 52.3 Å². The summed E-state index contributed by atoms with van der Waals surface area (Å²) in [6, 6.07) is 29.8. The van der Waals surface area contributed by atoms with E-state index in [1.807, 2.05) is 42.5 Å². The van der Waals surface area contributed by atoms with E-state index in [4.69, 9.17) is 33.2 Å². The Kier molecular flexibility index (Phi) is 14.3. The molecular formula is C44H46N2O11. The third-order valence-corrected chi connectivity index (χ3v) is 8.85. The van der Waals surface area contributed by atoms with Crippen LogP contribution >= 0.6 is 0 Å². The Morgan fingerprint density at radius 3 is 1.49 bits per heavy atom. The van der Waals surface area contributed by atoms with Gasteiger partial charge in [0.15, 0.2) is 0 Å². The van der Waals surface area contributed by atoms with E-state index in [0.29, 0.717) is 23.0 Å². The molecule has 13 heteroatoms. The Hall–Kier alpha value is -6.76. The molecule has 2 N–H and O–H groups in total. The zero-order valence-corrected chi connectivity index (χ0v) is 32.2. The number of fused-ring (bicyclic) bond motifs is 2. The third-order valence-electron chi connectivity index (χ3n) is 8.85. The molecule has 0 aromatic heterocycles. The lowest BCUT2D eigenvalue weighted by Crippen LogP contribution is -2.30. The highest BCUT2D eigenvalue weighted by atomic mass is 16.6. The van der Waals surface area contributed by atoms with Crippen LogP contribution in [0.15, 0.2) is 115 Å². The molecule has 0 radical (unpaired) electrons. The van der Waals surface area contributed by atoms with Crippen LogP contribution in [-0.4, -0.2) is 76.9 Å². The fourth-order valence-corrected chi connectivity index (χ4v) is 5.91. The number of hydrogen-bond donors (Lipinski definition) is 2. The van der Waals surface area contributed by atoms with E-state index in [2.05, 4.69) is 67.1 Å². The first-order valence-corrected chi connectivity index (χ1v) is 18.3. The van der Waals surface area contributed by atoms with Crippen molar-refractivity contribution in [3.05, 3.63) is 132 Å². The molecule has 4 aromatic carbocycles. The molecule has 1 heterocycles. The minimum Gasteiger partial charge on any atom is -0.490 e. The highest BCUT2D eigenvalue weighted by molar-refractivity contribution is 5.87. The quantitative estimate of drug-likeness (QED) is 0.0454. The number of alkyl carbamates (subject to hydrolysis) is 2. The van der Waals surface area contributed by atoms with E-state index in [9.17, 15) is 19.2 Å². The monoisotopic (exact) mass is 778 g/mol. The van der Waals surface area contributed by atoms with Crippen molar-refractivity contribution >= 4 is 24.1 Å². The van der Waals surface area contributed by atoms with Gasteiger partial charge in [-0.2, -0.15) is 0 Å². The summed E-state index contributed by atoms with van der Waals surface area (Å²) in [5, 5.41) is 5.02. The summed E-state index contributed by atoms with van der Waals surface area (Å²) in [6.45, 7) is 12.5. The number of carbonyl (C=O) groups excluding carboxylic acids is 4. The van der Waals surface area contributed by atoms with Crippen LogP contribution in [0.1, 0.15) is 37.5 Å². The second-order valence-corrected chi connectivity index (χ2v) is 13.1. The number of amides is 2. The molecule has 0 fully saturated rings. The lowest BCUT2D eigenvalue weighted by atomic mass is 9.69. The lowest BCUT2D eigenvalue weighted by molar-refractivity contribution is -0.139. The Morgan fingerprint density at radius 2 is 1.04 bits per heavy atom. The average Bonchev–Trinajstić information content (AvgIpc) is 3.21. The van der Waals surface area contributed by atoms with Crippen LogP contribution in [0.25, 0.3) is 11.1 Å². The number of hydrogen-bond acceptors (Lipinski definition) is 11. The van der Waals surface area contributed by atoms with E-state index < -0.39 is 29.5 Å². The topological polar surface area (TPSA) is 157 Å². The minimum atomic E-state index is -0.670. The number of esters is 2. The predicted molar refractivity (Wildman–Crippen MR) is 212 cm³/mol. The SMILES string of the molecule is C=C(C)C(=O)OCCNC(=O)OCCOc1ccc2c(c1)Oc1cc(OCCOC(=O)NCCOC(=O)C(=C)C)ccc1C2(C)c1ccc(-c2ccccc2)cc1. The van der Waals surface area contributed by atoms with Gasteiger partial charge in [0.1, 0.15) is 62.6 Å². The van der Waals surface area contributed by atoms with E-state index in [0.717, 1.165) is 27.8 Å². The Bertz CT molecular complexity index is 1980. The van der Waals surface area contributed by atoms with Gasteiger partial charge >= 0.3 is 24.1 Å². The van der Waals surface area contributed by atoms with E-state index in [1.165, 1.54) is 13.8 Å². The molecule has 0 unspecified atom stereocenters. The number of nitrogens with one attached hydrogen (secondary N) is 2. The maximum absolute atomic E-state index is 12.1. The second-order valence-electron chi connectivity index (χ2n) is 13.1. The van der Waals surface area contributed by atoms with Gasteiger partial charge < -0.3 is 43.8 Å². The summed E-state index contributed by atoms with van der Waals surface area (Å²) in [4.78, 5) is 47.0. The molecule has 0 bridgehead atoms. The largest absolute Gasteiger partial charge is 0.490 e. The number of benzene rings is 4. The van der Waals surface area contributed by atoms with Crippen LogP contribution in [0, 0.1) is 0 Å². The molecule has 0 spiro atoms. The molecule has 4 aromatic rings. The maximum atomic E-state index is 12.1. The van der Waals surface area contributed by atoms with Crippen LogP contribution in [-0.2, 0) is 34.0 Å². The number of rotatable bonds is 18. The van der Waals surface area contributed by atoms with E-state index in [1.54, 1.807) is 12.1 Å². The molecule has 13 nitrogen and oxygen atoms in total. The van der Waals surface area contributed by atoms with Crippen LogP contribution in [0.5, 0.6) is 23.0 Å². The molecule has 0 atom stereocenters. The first-order valence-electron chi connectivity index (χ1n) is 18.3. The number of ether oxygens (including phenoxy) is 7. The predicted octanol–water partition coefficient (Wildman–Crippen LogP) is 7.26. The molecule has 298 valence electrons. The number of carbonyl (C=O) groups is 4. The zero-order valence-electron chi connectivity index (χ0n) is 32.2. The fourth-order valence-electron chi connectivity index (χ4n) is 5.91. The highest BCUT2D eigenvalue weighted by Gasteiger charge is 2.40. The standard InChI is InChI=1S/C44H46N2O11/c1-29(2)40(47)53-21-19-45-42(49)55-25-23-51-34-15-17-36-38(27-34)57-39-28-35(52-24-26-56-43(50)46-20-22-54-41(48)30(3)4)16-18-37(39)44(36,5)33-13-11-32(12-14-33)31-9-7-6-8-10-31/h6-18,27-28H,1,3,19-26H2,2,4-5H3,(H,45,49)(H,46,50). The van der Waals surface area contributed by atoms with E-state index in [-0.39, 0.29) is 63.9 Å². The van der Waals surface area contributed by atoms with Gasteiger partial charge in [-0.25, -0.2) is 19.2 Å². The fraction of sp³-hybridized carbons (Fsp3) is 0.273. The lowest BCUT2D eigenvalue weighted by Gasteiger charge is -2.38. The van der Waals surface area contributed by atoms with Crippen LogP contribution in [0.4, 0.5) is 9.59 Å². The molecule has 0 aliphatic carbocycles. The summed E-state index contributed by atoms with van der Waals surface area (Å²) in [6.07, 6.45) is -1.34. The van der Waals surface area contributed by atoms with Gasteiger partial charge in [-0.1, -0.05) is 79.9 Å². The van der Waals surface area contributed by atoms with Crippen molar-refractivity contribution in [2.75, 3.05) is 52.7 Å². The molecule has 2 amide bonds. The Labute approximate surface area is 331 Å². The Morgan fingerprint density at radius 1 is 0.579 bits per heavy atom. The van der Waals surface area contributed by atoms with Crippen LogP contribution < -0.4 is 24.8 Å². The molecule has 1 aliphatic heterocycles. The van der Waals surface area contributed by atoms with Crippen molar-refractivity contribution in [2.24, 2.45) is 0 Å². The summed E-state index contributed by atoms with van der Waals surface area (Å²) in [5.41, 5.74) is 4.98. The highest BCUT2D eigenvalue weighted by Crippen LogP contribution is 2.53. The van der Waals surface area contributed by atoms with Crippen molar-refractivity contribution in [3.63, 3.8) is 0 Å². The van der Waals surface area contributed by atoms with Gasteiger partial charge in [-0.15, -0.1) is 0 Å². The normalized spacial score (nSPS) is 12.0. The molecule has 5 rings (SSSR count). The Balaban J connectivity index is 1.24. The van der Waals surface area contributed by atoms with Gasteiger partial charge in [0, 0.05) is 39.8 Å². The summed E-state index contributed by atoms with van der Waals surface area (Å²) >= 11 is 0. The van der Waals surface area contributed by atoms with E-state index >= 15 is 0 Å². The van der Waals surface area contributed by atoms with Crippen molar-refractivity contribution in [2.45, 2.75) is 26.2 Å². The average molecular weight is 779 g/mol. The van der Waals surface area contributed by atoms with Crippen LogP contribution in [0.3, 0.4) is 0 Å². The first-order chi connectivity index (χ1) is 27.4. The van der Waals surface area contributed by atoms with Crippen molar-refractivity contribution in [1.82, 2.24) is 10.6 Å². The molecule has 57 heavy (non-hydrogen) atoms. The third kappa shape index (κ3) is 11.2. The second kappa shape index (κ2) is 19.7. The summed E-state index contributed by atoms with van der Waals surface area (Å²) in [7, 11) is 0. The molecule has 0 saturated carbocycles. The van der Waals surface area contributed by atoms with Gasteiger partial charge in [-0.05, 0) is 49.6 Å². The van der Waals surface area contributed by atoms with Crippen molar-refractivity contribution in [1.29, 1.82) is 0 Å². The smallest absolute Gasteiger partial charge is 0.407 e. The van der Waals surface area contributed by atoms with Gasteiger partial charge in [-0.3, -0.25) is 0 Å². The van der Waals surface area contributed by atoms with Gasteiger partial charge in [0.25, 0.3) is 0 Å². The molecule has 0 saturated heterocycles.